The highest BCUT2D eigenvalue weighted by Gasteiger charge is 2.35. The molecule has 0 saturated carbocycles. The minimum absolute atomic E-state index is 0.110. The highest BCUT2D eigenvalue weighted by molar-refractivity contribution is 5.83. The molecule has 1 aromatic rings. The number of carbonyl (C=O) groups excluding carboxylic acids is 1. The summed E-state index contributed by atoms with van der Waals surface area (Å²) in [6.07, 6.45) is 0.512. The average molecular weight is 249 g/mol. The Balaban J connectivity index is 2.37. The van der Waals surface area contributed by atoms with Crippen molar-refractivity contribution in [2.75, 3.05) is 25.2 Å². The Morgan fingerprint density at radius 2 is 2.17 bits per heavy atom. The number of nitrogens with zero attached hydrogens (tertiary/aromatic N) is 2. The summed E-state index contributed by atoms with van der Waals surface area (Å²) >= 11 is 0. The Bertz CT molecular complexity index is 436. The molecule has 2 rings (SSSR count). The number of rotatable bonds is 4. The third kappa shape index (κ3) is 2.13. The van der Waals surface area contributed by atoms with E-state index in [-0.39, 0.29) is 11.9 Å². The Labute approximate surface area is 107 Å². The predicted molar refractivity (Wildman–Crippen MR) is 70.3 cm³/mol. The maximum Gasteiger partial charge on any atom is 0.243 e. The number of hydrogen-bond acceptors (Lipinski definition) is 4. The molecule has 18 heavy (non-hydrogen) atoms. The van der Waals surface area contributed by atoms with Crippen LogP contribution in [0.15, 0.2) is 24.3 Å². The van der Waals surface area contributed by atoms with Gasteiger partial charge in [0, 0.05) is 6.54 Å². The van der Waals surface area contributed by atoms with Crippen LogP contribution in [0.5, 0.6) is 5.75 Å². The Morgan fingerprint density at radius 1 is 1.44 bits per heavy atom. The van der Waals surface area contributed by atoms with Gasteiger partial charge in [-0.25, -0.2) is 0 Å². The summed E-state index contributed by atoms with van der Waals surface area (Å²) in [5, 5.41) is 3.69. The number of amides is 1. The third-order valence-electron chi connectivity index (χ3n) is 3.11. The van der Waals surface area contributed by atoms with Gasteiger partial charge in [-0.2, -0.15) is 0 Å². The van der Waals surface area contributed by atoms with Gasteiger partial charge in [-0.05, 0) is 19.1 Å². The molecule has 0 aromatic heterocycles. The van der Waals surface area contributed by atoms with E-state index in [0.717, 1.165) is 11.4 Å². The van der Waals surface area contributed by atoms with E-state index in [1.165, 1.54) is 0 Å². The highest BCUT2D eigenvalue weighted by Crippen LogP contribution is 2.34. The summed E-state index contributed by atoms with van der Waals surface area (Å²) in [4.78, 5) is 11.9. The molecular weight excluding hydrogens is 230 g/mol. The van der Waals surface area contributed by atoms with Crippen LogP contribution in [0.1, 0.15) is 13.3 Å². The quantitative estimate of drug-likeness (QED) is 0.864. The lowest BCUT2D eigenvalue weighted by atomic mass is 10.2. The van der Waals surface area contributed by atoms with E-state index in [2.05, 4.69) is 0 Å². The Morgan fingerprint density at radius 3 is 2.83 bits per heavy atom. The second-order valence-corrected chi connectivity index (χ2v) is 4.38. The topological polar surface area (TPSA) is 58.8 Å². The second-order valence-electron chi connectivity index (χ2n) is 4.38. The van der Waals surface area contributed by atoms with E-state index in [1.54, 1.807) is 12.1 Å². The van der Waals surface area contributed by atoms with Gasteiger partial charge in [-0.1, -0.05) is 12.1 Å². The van der Waals surface area contributed by atoms with Crippen LogP contribution in [0, 0.1) is 0 Å². The van der Waals surface area contributed by atoms with Crippen molar-refractivity contribution in [3.63, 3.8) is 0 Å². The molecule has 1 aromatic carbocycles. The largest absolute Gasteiger partial charge is 0.495 e. The number of anilines is 1. The molecule has 0 radical (unpaired) electrons. The summed E-state index contributed by atoms with van der Waals surface area (Å²) in [6, 6.07) is 7.83. The molecule has 0 aliphatic carbocycles. The molecule has 1 amide bonds. The fourth-order valence-corrected chi connectivity index (χ4v) is 2.34. The maximum atomic E-state index is 11.9. The zero-order chi connectivity index (χ0) is 13.1. The lowest BCUT2D eigenvalue weighted by Crippen LogP contribution is -2.44. The first-order chi connectivity index (χ1) is 8.69. The van der Waals surface area contributed by atoms with Crippen molar-refractivity contribution in [2.24, 2.45) is 5.73 Å². The first-order valence-corrected chi connectivity index (χ1v) is 6.11. The first kappa shape index (κ1) is 12.7. The van der Waals surface area contributed by atoms with Gasteiger partial charge in [0.1, 0.15) is 5.75 Å². The van der Waals surface area contributed by atoms with Gasteiger partial charge in [0.2, 0.25) is 5.91 Å². The van der Waals surface area contributed by atoms with Crippen LogP contribution in [0.3, 0.4) is 0 Å². The van der Waals surface area contributed by atoms with Crippen LogP contribution in [0.2, 0.25) is 0 Å². The van der Waals surface area contributed by atoms with Gasteiger partial charge in [0.15, 0.2) is 0 Å². The number of ether oxygens (including phenoxy) is 1. The fraction of sp³-hybridized carbons (Fsp3) is 0.462. The zero-order valence-corrected chi connectivity index (χ0v) is 10.8. The summed E-state index contributed by atoms with van der Waals surface area (Å²) in [5.74, 6) is 0.875. The van der Waals surface area contributed by atoms with Crippen molar-refractivity contribution >= 4 is 11.6 Å². The molecule has 1 unspecified atom stereocenters. The molecule has 1 aliphatic rings. The van der Waals surface area contributed by atoms with Crippen LogP contribution >= 0.6 is 0 Å². The first-order valence-electron chi connectivity index (χ1n) is 6.11. The van der Waals surface area contributed by atoms with Gasteiger partial charge in [0.25, 0.3) is 0 Å². The lowest BCUT2D eigenvalue weighted by Gasteiger charge is -2.33. The van der Waals surface area contributed by atoms with E-state index in [0.29, 0.717) is 19.5 Å². The normalized spacial score (nSPS) is 19.5. The molecule has 1 heterocycles. The monoisotopic (exact) mass is 249 g/mol. The van der Waals surface area contributed by atoms with Crippen LogP contribution in [0.4, 0.5) is 5.69 Å². The van der Waals surface area contributed by atoms with Crippen LogP contribution in [0.25, 0.3) is 0 Å². The zero-order valence-electron chi connectivity index (χ0n) is 10.8. The minimum atomic E-state index is 0.110. The molecule has 1 aliphatic heterocycles. The SMILES string of the molecule is COc1ccccc1N1C(C)CC(=O)N1CCN. The molecule has 2 N–H and O–H groups in total. The number of hydrogen-bond donors (Lipinski definition) is 1. The fourth-order valence-electron chi connectivity index (χ4n) is 2.34. The highest BCUT2D eigenvalue weighted by atomic mass is 16.5. The Kier molecular flexibility index (Phi) is 3.72. The van der Waals surface area contributed by atoms with E-state index in [1.807, 2.05) is 36.2 Å². The standard InChI is InChI=1S/C13H19N3O2/c1-10-9-13(17)15(8-7-14)16(10)11-5-3-4-6-12(11)18-2/h3-6,10H,7-9,14H2,1-2H3. The van der Waals surface area contributed by atoms with Crippen LogP contribution in [-0.2, 0) is 4.79 Å². The molecule has 0 spiro atoms. The van der Waals surface area contributed by atoms with E-state index in [4.69, 9.17) is 10.5 Å². The summed E-state index contributed by atoms with van der Waals surface area (Å²) in [5.41, 5.74) is 6.48. The van der Waals surface area contributed by atoms with E-state index < -0.39 is 0 Å². The van der Waals surface area contributed by atoms with E-state index in [9.17, 15) is 4.79 Å². The van der Waals surface area contributed by atoms with Gasteiger partial charge in [0.05, 0.1) is 31.8 Å². The number of nitrogens with two attached hydrogens (primary N) is 1. The van der Waals surface area contributed by atoms with Crippen molar-refractivity contribution in [1.29, 1.82) is 0 Å². The molecule has 0 bridgehead atoms. The molecule has 1 fully saturated rings. The average Bonchev–Trinajstić information content (AvgIpc) is 2.65. The molecule has 98 valence electrons. The molecular formula is C13H19N3O2. The molecule has 5 nitrogen and oxygen atoms in total. The lowest BCUT2D eigenvalue weighted by molar-refractivity contribution is -0.128. The van der Waals surface area contributed by atoms with Gasteiger partial charge in [-0.15, -0.1) is 0 Å². The van der Waals surface area contributed by atoms with Crippen molar-refractivity contribution in [2.45, 2.75) is 19.4 Å². The molecule has 5 heteroatoms. The van der Waals surface area contributed by atoms with Crippen molar-refractivity contribution in [3.8, 4) is 5.75 Å². The van der Waals surface area contributed by atoms with Crippen molar-refractivity contribution in [1.82, 2.24) is 5.01 Å². The number of para-hydroxylation sites is 2. The number of hydrazine groups is 1. The van der Waals surface area contributed by atoms with E-state index >= 15 is 0 Å². The number of carbonyl (C=O) groups is 1. The summed E-state index contributed by atoms with van der Waals surface area (Å²) in [7, 11) is 1.63. The van der Waals surface area contributed by atoms with Crippen LogP contribution < -0.4 is 15.5 Å². The van der Waals surface area contributed by atoms with Gasteiger partial charge >= 0.3 is 0 Å². The van der Waals surface area contributed by atoms with Crippen LogP contribution in [-0.4, -0.2) is 37.2 Å². The third-order valence-corrected chi connectivity index (χ3v) is 3.11. The maximum absolute atomic E-state index is 11.9. The number of benzene rings is 1. The number of methoxy groups -OCH3 is 1. The minimum Gasteiger partial charge on any atom is -0.495 e. The van der Waals surface area contributed by atoms with Crippen molar-refractivity contribution in [3.05, 3.63) is 24.3 Å². The molecule has 1 saturated heterocycles. The summed E-state index contributed by atoms with van der Waals surface area (Å²) < 4.78 is 5.36. The Hall–Kier alpha value is -1.75. The molecule has 1 atom stereocenters. The summed E-state index contributed by atoms with van der Waals surface area (Å²) in [6.45, 7) is 3.01. The van der Waals surface area contributed by atoms with Gasteiger partial charge < -0.3 is 10.5 Å². The smallest absolute Gasteiger partial charge is 0.243 e. The second kappa shape index (κ2) is 5.27. The van der Waals surface area contributed by atoms with Crippen molar-refractivity contribution < 1.29 is 9.53 Å². The van der Waals surface area contributed by atoms with Gasteiger partial charge in [-0.3, -0.25) is 14.8 Å². The predicted octanol–water partition coefficient (Wildman–Crippen LogP) is 0.996.